The highest BCUT2D eigenvalue weighted by Gasteiger charge is 2.19. The molecule has 0 radical (unpaired) electrons. The maximum atomic E-state index is 12.6. The summed E-state index contributed by atoms with van der Waals surface area (Å²) in [6, 6.07) is 12.1. The van der Waals surface area contributed by atoms with E-state index in [1.807, 2.05) is 40.6 Å². The van der Waals surface area contributed by atoms with Crippen LogP contribution in [0.1, 0.15) is 34.6 Å². The Labute approximate surface area is 132 Å². The molecule has 106 valence electrons. The standard InChI is InChI=1S/C16H18BrNOS/c1-12(2)18(11-15-4-3-9-20-15)16(19)14-7-5-13(10-17)6-8-14/h3-9,12H,10-11H2,1-2H3. The molecule has 2 rings (SSSR count). The summed E-state index contributed by atoms with van der Waals surface area (Å²) >= 11 is 5.10. The SMILES string of the molecule is CC(C)N(Cc1cccs1)C(=O)c1ccc(CBr)cc1. The van der Waals surface area contributed by atoms with Crippen LogP contribution < -0.4 is 0 Å². The van der Waals surface area contributed by atoms with Gasteiger partial charge in [-0.05, 0) is 43.0 Å². The molecular formula is C16H18BrNOS. The molecule has 0 fully saturated rings. The molecule has 0 spiro atoms. The number of amides is 1. The second-order valence-electron chi connectivity index (χ2n) is 4.94. The third-order valence-corrected chi connectivity index (χ3v) is 4.65. The van der Waals surface area contributed by atoms with Crippen LogP contribution in [0.2, 0.25) is 0 Å². The second kappa shape index (κ2) is 7.04. The van der Waals surface area contributed by atoms with Crippen molar-refractivity contribution in [3.8, 4) is 0 Å². The summed E-state index contributed by atoms with van der Waals surface area (Å²) < 4.78 is 0. The molecule has 4 heteroatoms. The molecule has 0 saturated heterocycles. The van der Waals surface area contributed by atoms with Gasteiger partial charge in [-0.2, -0.15) is 0 Å². The molecule has 0 bridgehead atoms. The molecule has 1 amide bonds. The van der Waals surface area contributed by atoms with Crippen molar-refractivity contribution in [1.82, 2.24) is 4.90 Å². The number of hydrogen-bond acceptors (Lipinski definition) is 2. The lowest BCUT2D eigenvalue weighted by atomic mass is 10.1. The number of alkyl halides is 1. The molecule has 20 heavy (non-hydrogen) atoms. The minimum Gasteiger partial charge on any atom is -0.331 e. The maximum Gasteiger partial charge on any atom is 0.254 e. The summed E-state index contributed by atoms with van der Waals surface area (Å²) in [4.78, 5) is 15.8. The molecular weight excluding hydrogens is 334 g/mol. The molecule has 0 atom stereocenters. The van der Waals surface area contributed by atoms with Gasteiger partial charge in [-0.3, -0.25) is 4.79 Å². The van der Waals surface area contributed by atoms with Crippen LogP contribution in [0, 0.1) is 0 Å². The van der Waals surface area contributed by atoms with Crippen LogP contribution in [0.3, 0.4) is 0 Å². The molecule has 2 nitrogen and oxygen atoms in total. The Bertz CT molecular complexity index is 548. The first kappa shape index (κ1) is 15.3. The zero-order valence-corrected chi connectivity index (χ0v) is 14.1. The Kier molecular flexibility index (Phi) is 5.38. The van der Waals surface area contributed by atoms with Gasteiger partial charge in [-0.25, -0.2) is 0 Å². The van der Waals surface area contributed by atoms with Crippen molar-refractivity contribution in [3.05, 3.63) is 57.8 Å². The van der Waals surface area contributed by atoms with Crippen LogP contribution in [0.4, 0.5) is 0 Å². The lowest BCUT2D eigenvalue weighted by Crippen LogP contribution is -2.36. The largest absolute Gasteiger partial charge is 0.331 e. The van der Waals surface area contributed by atoms with Gasteiger partial charge in [0.1, 0.15) is 0 Å². The van der Waals surface area contributed by atoms with Crippen LogP contribution in [-0.2, 0) is 11.9 Å². The number of carbonyl (C=O) groups is 1. The van der Waals surface area contributed by atoms with Gasteiger partial charge in [-0.15, -0.1) is 11.3 Å². The predicted molar refractivity (Wildman–Crippen MR) is 88.4 cm³/mol. The number of thiophene rings is 1. The Morgan fingerprint density at radius 2 is 1.95 bits per heavy atom. The number of nitrogens with zero attached hydrogens (tertiary/aromatic N) is 1. The van der Waals surface area contributed by atoms with Crippen molar-refractivity contribution in [3.63, 3.8) is 0 Å². The van der Waals surface area contributed by atoms with Crippen molar-refractivity contribution in [2.45, 2.75) is 31.8 Å². The first-order valence-corrected chi connectivity index (χ1v) is 8.60. The zero-order chi connectivity index (χ0) is 14.5. The fraction of sp³-hybridized carbons (Fsp3) is 0.312. The highest BCUT2D eigenvalue weighted by atomic mass is 79.9. The summed E-state index contributed by atoms with van der Waals surface area (Å²) in [7, 11) is 0. The van der Waals surface area contributed by atoms with E-state index in [-0.39, 0.29) is 11.9 Å². The van der Waals surface area contributed by atoms with E-state index in [1.165, 1.54) is 10.4 Å². The summed E-state index contributed by atoms with van der Waals surface area (Å²) in [5, 5.41) is 2.85. The van der Waals surface area contributed by atoms with Crippen molar-refractivity contribution in [2.24, 2.45) is 0 Å². The number of rotatable bonds is 5. The highest BCUT2D eigenvalue weighted by Crippen LogP contribution is 2.17. The van der Waals surface area contributed by atoms with E-state index >= 15 is 0 Å². The third-order valence-electron chi connectivity index (χ3n) is 3.15. The van der Waals surface area contributed by atoms with Gasteiger partial charge in [0.15, 0.2) is 0 Å². The molecule has 2 aromatic rings. The van der Waals surface area contributed by atoms with E-state index in [2.05, 4.69) is 35.8 Å². The first-order valence-electron chi connectivity index (χ1n) is 6.60. The first-order chi connectivity index (χ1) is 9.61. The second-order valence-corrected chi connectivity index (χ2v) is 6.53. The fourth-order valence-electron chi connectivity index (χ4n) is 1.96. The maximum absolute atomic E-state index is 12.6. The van der Waals surface area contributed by atoms with Crippen LogP contribution in [-0.4, -0.2) is 16.8 Å². The van der Waals surface area contributed by atoms with Crippen molar-refractivity contribution in [1.29, 1.82) is 0 Å². The van der Waals surface area contributed by atoms with E-state index in [0.717, 1.165) is 10.9 Å². The predicted octanol–water partition coefficient (Wildman–Crippen LogP) is 4.69. The summed E-state index contributed by atoms with van der Waals surface area (Å²) in [6.45, 7) is 4.78. The monoisotopic (exact) mass is 351 g/mol. The van der Waals surface area contributed by atoms with Gasteiger partial charge in [0.2, 0.25) is 0 Å². The number of halogens is 1. The van der Waals surface area contributed by atoms with E-state index < -0.39 is 0 Å². The van der Waals surface area contributed by atoms with E-state index in [9.17, 15) is 4.79 Å². The van der Waals surface area contributed by atoms with E-state index in [1.54, 1.807) is 11.3 Å². The zero-order valence-electron chi connectivity index (χ0n) is 11.7. The Morgan fingerprint density at radius 3 is 2.45 bits per heavy atom. The van der Waals surface area contributed by atoms with Crippen molar-refractivity contribution < 1.29 is 4.79 Å². The molecule has 0 aliphatic rings. The van der Waals surface area contributed by atoms with Gasteiger partial charge in [0.25, 0.3) is 5.91 Å². The van der Waals surface area contributed by atoms with Crippen LogP contribution in [0.15, 0.2) is 41.8 Å². The molecule has 1 aromatic carbocycles. The molecule has 0 N–H and O–H groups in total. The molecule has 0 aliphatic heterocycles. The van der Waals surface area contributed by atoms with Gasteiger partial charge in [0, 0.05) is 21.8 Å². The van der Waals surface area contributed by atoms with Gasteiger partial charge >= 0.3 is 0 Å². The molecule has 0 saturated carbocycles. The fourth-order valence-corrected chi connectivity index (χ4v) is 3.04. The van der Waals surface area contributed by atoms with Crippen molar-refractivity contribution in [2.75, 3.05) is 0 Å². The number of benzene rings is 1. The summed E-state index contributed by atoms with van der Waals surface area (Å²) in [5.41, 5.74) is 1.93. The number of carbonyl (C=O) groups excluding carboxylic acids is 1. The quantitative estimate of drug-likeness (QED) is 0.715. The van der Waals surface area contributed by atoms with Gasteiger partial charge in [-0.1, -0.05) is 34.1 Å². The molecule has 1 aromatic heterocycles. The highest BCUT2D eigenvalue weighted by molar-refractivity contribution is 9.08. The number of hydrogen-bond donors (Lipinski definition) is 0. The van der Waals surface area contributed by atoms with Crippen LogP contribution in [0.25, 0.3) is 0 Å². The van der Waals surface area contributed by atoms with E-state index in [4.69, 9.17) is 0 Å². The molecule has 0 aliphatic carbocycles. The van der Waals surface area contributed by atoms with E-state index in [0.29, 0.717) is 6.54 Å². The van der Waals surface area contributed by atoms with Crippen molar-refractivity contribution >= 4 is 33.2 Å². The van der Waals surface area contributed by atoms with Crippen LogP contribution >= 0.6 is 27.3 Å². The lowest BCUT2D eigenvalue weighted by molar-refractivity contribution is 0.0692. The van der Waals surface area contributed by atoms with Gasteiger partial charge in [0.05, 0.1) is 6.54 Å². The average molecular weight is 352 g/mol. The van der Waals surface area contributed by atoms with Crippen LogP contribution in [0.5, 0.6) is 0 Å². The minimum atomic E-state index is 0.0922. The smallest absolute Gasteiger partial charge is 0.254 e. The minimum absolute atomic E-state index is 0.0922. The third kappa shape index (κ3) is 3.70. The average Bonchev–Trinajstić information content (AvgIpc) is 2.97. The Balaban J connectivity index is 2.17. The Morgan fingerprint density at radius 1 is 1.25 bits per heavy atom. The molecule has 0 unspecified atom stereocenters. The summed E-state index contributed by atoms with van der Waals surface area (Å²) in [5.74, 6) is 0.0922. The normalized spacial score (nSPS) is 10.8. The Hall–Kier alpha value is -1.13. The summed E-state index contributed by atoms with van der Waals surface area (Å²) in [6.07, 6.45) is 0. The molecule has 1 heterocycles. The lowest BCUT2D eigenvalue weighted by Gasteiger charge is -2.26. The topological polar surface area (TPSA) is 20.3 Å². The van der Waals surface area contributed by atoms with Gasteiger partial charge < -0.3 is 4.90 Å².